The van der Waals surface area contributed by atoms with Crippen molar-refractivity contribution in [2.24, 2.45) is 0 Å². The fourth-order valence-corrected chi connectivity index (χ4v) is 4.01. The molecular weight excluding hydrogens is 418 g/mol. The first-order valence-corrected chi connectivity index (χ1v) is 10.8. The zero-order chi connectivity index (χ0) is 23.0. The minimum Gasteiger partial charge on any atom is -0.481 e. The maximum Gasteiger partial charge on any atom is 0.407 e. The van der Waals surface area contributed by atoms with Gasteiger partial charge in [0.25, 0.3) is 0 Å². The third kappa shape index (κ3) is 5.41. The molecule has 0 atom stereocenters. The van der Waals surface area contributed by atoms with Gasteiger partial charge in [-0.1, -0.05) is 78.9 Å². The van der Waals surface area contributed by atoms with Gasteiger partial charge in [-0.3, -0.25) is 0 Å². The van der Waals surface area contributed by atoms with Crippen molar-refractivity contribution in [1.82, 2.24) is 5.32 Å². The highest BCUT2D eigenvalue weighted by Crippen LogP contribution is 2.44. The number of rotatable bonds is 9. The van der Waals surface area contributed by atoms with Crippen LogP contribution in [0.2, 0.25) is 0 Å². The van der Waals surface area contributed by atoms with Crippen molar-refractivity contribution in [3.8, 4) is 16.9 Å². The van der Waals surface area contributed by atoms with E-state index in [4.69, 9.17) is 14.6 Å². The van der Waals surface area contributed by atoms with E-state index in [1.165, 1.54) is 22.3 Å². The van der Waals surface area contributed by atoms with Gasteiger partial charge in [-0.25, -0.2) is 9.59 Å². The van der Waals surface area contributed by atoms with E-state index >= 15 is 0 Å². The molecular formula is C27H25NO5. The van der Waals surface area contributed by atoms with Crippen LogP contribution in [0, 0.1) is 0 Å². The van der Waals surface area contributed by atoms with Gasteiger partial charge in [0.05, 0.1) is 0 Å². The van der Waals surface area contributed by atoms with Gasteiger partial charge in [0.15, 0.2) is 6.61 Å². The molecule has 2 N–H and O–H groups in total. The van der Waals surface area contributed by atoms with Gasteiger partial charge in [0, 0.05) is 18.0 Å². The number of alkyl carbamates (subject to hydrolysis) is 1. The van der Waals surface area contributed by atoms with Crippen LogP contribution in [0.3, 0.4) is 0 Å². The number of hydrogen-bond acceptors (Lipinski definition) is 4. The van der Waals surface area contributed by atoms with Crippen LogP contribution >= 0.6 is 0 Å². The standard InChI is InChI=1S/C27H25NO5/c29-26(30)18-32-25-15-6-1-9-19(25)10-7-8-16-28-27(31)33-17-24-22-13-4-2-11-20(22)21-12-3-5-14-23(21)24/h1-7,9-15,24H,8,16-18H2,(H,28,31)(H,29,30). The van der Waals surface area contributed by atoms with E-state index in [-0.39, 0.29) is 12.5 Å². The van der Waals surface area contributed by atoms with Gasteiger partial charge < -0.3 is 19.9 Å². The molecule has 0 spiro atoms. The maximum absolute atomic E-state index is 12.2. The SMILES string of the molecule is O=C(O)COc1ccccc1C=CCCNC(=O)OCC1c2ccccc2-c2ccccc21. The molecule has 1 amide bonds. The number of carboxylic acid groups (broad SMARTS) is 1. The second-order valence-electron chi connectivity index (χ2n) is 7.66. The van der Waals surface area contributed by atoms with Crippen LogP contribution in [-0.2, 0) is 9.53 Å². The molecule has 1 aliphatic carbocycles. The van der Waals surface area contributed by atoms with Crippen LogP contribution in [0.25, 0.3) is 17.2 Å². The van der Waals surface area contributed by atoms with E-state index < -0.39 is 18.7 Å². The Bertz CT molecular complexity index is 1120. The molecule has 33 heavy (non-hydrogen) atoms. The van der Waals surface area contributed by atoms with E-state index in [0.29, 0.717) is 18.7 Å². The van der Waals surface area contributed by atoms with Crippen molar-refractivity contribution in [3.05, 3.63) is 95.6 Å². The van der Waals surface area contributed by atoms with Crippen LogP contribution in [-0.4, -0.2) is 36.9 Å². The Morgan fingerprint density at radius 2 is 1.55 bits per heavy atom. The minimum atomic E-state index is -1.03. The number of nitrogens with one attached hydrogen (secondary N) is 1. The second-order valence-corrected chi connectivity index (χ2v) is 7.66. The number of amides is 1. The fraction of sp³-hybridized carbons (Fsp3) is 0.185. The zero-order valence-corrected chi connectivity index (χ0v) is 18.1. The first-order chi connectivity index (χ1) is 16.1. The number of ether oxygens (including phenoxy) is 2. The molecule has 0 radical (unpaired) electrons. The van der Waals surface area contributed by atoms with Crippen molar-refractivity contribution in [2.75, 3.05) is 19.8 Å². The van der Waals surface area contributed by atoms with E-state index in [1.807, 2.05) is 48.6 Å². The third-order valence-electron chi connectivity index (χ3n) is 5.49. The Labute approximate surface area is 192 Å². The monoisotopic (exact) mass is 443 g/mol. The molecule has 4 rings (SSSR count). The Morgan fingerprint density at radius 1 is 0.909 bits per heavy atom. The Balaban J connectivity index is 1.26. The summed E-state index contributed by atoms with van der Waals surface area (Å²) >= 11 is 0. The molecule has 3 aromatic rings. The summed E-state index contributed by atoms with van der Waals surface area (Å²) in [5, 5.41) is 11.6. The Kier molecular flexibility index (Phi) is 7.05. The molecule has 0 bridgehead atoms. The zero-order valence-electron chi connectivity index (χ0n) is 18.1. The summed E-state index contributed by atoms with van der Waals surface area (Å²) in [7, 11) is 0. The predicted octanol–water partition coefficient (Wildman–Crippen LogP) is 5.09. The molecule has 0 saturated carbocycles. The van der Waals surface area contributed by atoms with Crippen LogP contribution < -0.4 is 10.1 Å². The van der Waals surface area contributed by atoms with E-state index in [1.54, 1.807) is 12.1 Å². The smallest absolute Gasteiger partial charge is 0.407 e. The summed E-state index contributed by atoms with van der Waals surface area (Å²) in [6.45, 7) is 0.309. The summed E-state index contributed by atoms with van der Waals surface area (Å²) in [6, 6.07) is 23.6. The normalized spacial score (nSPS) is 12.2. The van der Waals surface area contributed by atoms with Crippen LogP contribution in [0.5, 0.6) is 5.75 Å². The number of hydrogen-bond donors (Lipinski definition) is 2. The van der Waals surface area contributed by atoms with Crippen molar-refractivity contribution in [3.63, 3.8) is 0 Å². The van der Waals surface area contributed by atoms with Gasteiger partial charge in [-0.2, -0.15) is 0 Å². The average molecular weight is 443 g/mol. The lowest BCUT2D eigenvalue weighted by Gasteiger charge is -2.14. The van der Waals surface area contributed by atoms with Crippen LogP contribution in [0.1, 0.15) is 29.0 Å². The minimum absolute atomic E-state index is 0.0327. The lowest BCUT2D eigenvalue weighted by atomic mass is 9.98. The number of fused-ring (bicyclic) bond motifs is 3. The van der Waals surface area contributed by atoms with Gasteiger partial charge in [-0.15, -0.1) is 0 Å². The van der Waals surface area contributed by atoms with E-state index in [9.17, 15) is 9.59 Å². The summed E-state index contributed by atoms with van der Waals surface area (Å²) < 4.78 is 10.8. The third-order valence-corrected chi connectivity index (χ3v) is 5.49. The highest BCUT2D eigenvalue weighted by molar-refractivity contribution is 5.79. The van der Waals surface area contributed by atoms with E-state index in [0.717, 1.165) is 5.56 Å². The Hall–Kier alpha value is -4.06. The molecule has 3 aromatic carbocycles. The molecule has 0 heterocycles. The number of carboxylic acids is 1. The lowest BCUT2D eigenvalue weighted by molar-refractivity contribution is -0.139. The quantitative estimate of drug-likeness (QED) is 0.450. The molecule has 0 aliphatic heterocycles. The molecule has 0 saturated heterocycles. The fourth-order valence-electron chi connectivity index (χ4n) is 4.01. The van der Waals surface area contributed by atoms with Gasteiger partial charge in [0.2, 0.25) is 0 Å². The van der Waals surface area contributed by atoms with Gasteiger partial charge in [-0.05, 0) is 34.7 Å². The number of aliphatic carboxylic acids is 1. The molecule has 6 heteroatoms. The van der Waals surface area contributed by atoms with Gasteiger partial charge in [0.1, 0.15) is 12.4 Å². The molecule has 168 valence electrons. The number of benzene rings is 3. The molecule has 0 aromatic heterocycles. The topological polar surface area (TPSA) is 84.9 Å². The van der Waals surface area contributed by atoms with Crippen molar-refractivity contribution in [2.45, 2.75) is 12.3 Å². The number of carbonyl (C=O) groups excluding carboxylic acids is 1. The summed E-state index contributed by atoms with van der Waals surface area (Å²) in [5.41, 5.74) is 5.52. The average Bonchev–Trinajstić information content (AvgIpc) is 3.15. The van der Waals surface area contributed by atoms with Crippen LogP contribution in [0.15, 0.2) is 78.9 Å². The summed E-state index contributed by atoms with van der Waals surface area (Å²) in [6.07, 6.45) is 3.89. The predicted molar refractivity (Wildman–Crippen MR) is 126 cm³/mol. The van der Waals surface area contributed by atoms with Crippen molar-refractivity contribution in [1.29, 1.82) is 0 Å². The van der Waals surface area contributed by atoms with Crippen molar-refractivity contribution < 1.29 is 24.2 Å². The molecule has 0 unspecified atom stereocenters. The lowest BCUT2D eigenvalue weighted by Crippen LogP contribution is -2.26. The first-order valence-electron chi connectivity index (χ1n) is 10.8. The number of para-hydroxylation sites is 1. The summed E-state index contributed by atoms with van der Waals surface area (Å²) in [4.78, 5) is 22.9. The van der Waals surface area contributed by atoms with Crippen LogP contribution in [0.4, 0.5) is 4.79 Å². The number of carbonyl (C=O) groups is 2. The van der Waals surface area contributed by atoms with Gasteiger partial charge >= 0.3 is 12.1 Å². The molecule has 1 aliphatic rings. The Morgan fingerprint density at radius 3 is 2.24 bits per heavy atom. The molecule has 6 nitrogen and oxygen atoms in total. The highest BCUT2D eigenvalue weighted by Gasteiger charge is 2.28. The highest BCUT2D eigenvalue weighted by atomic mass is 16.5. The maximum atomic E-state index is 12.2. The summed E-state index contributed by atoms with van der Waals surface area (Å²) in [5.74, 6) is -0.493. The van der Waals surface area contributed by atoms with Crippen molar-refractivity contribution >= 4 is 18.1 Å². The largest absolute Gasteiger partial charge is 0.481 e. The molecule has 0 fully saturated rings. The van der Waals surface area contributed by atoms with E-state index in [2.05, 4.69) is 29.6 Å². The first kappa shape index (κ1) is 22.1. The second kappa shape index (κ2) is 10.5.